The van der Waals surface area contributed by atoms with Crippen molar-refractivity contribution >= 4 is 26.3 Å². The first-order valence-electron chi connectivity index (χ1n) is 4.18. The largest absolute Gasteiger partial charge is 0.397 e. The minimum absolute atomic E-state index is 0.210. The zero-order valence-corrected chi connectivity index (χ0v) is 10.7. The summed E-state index contributed by atoms with van der Waals surface area (Å²) in [6, 6.07) is 0. The van der Waals surface area contributed by atoms with Crippen molar-refractivity contribution in [2.45, 2.75) is 25.2 Å². The van der Waals surface area contributed by atoms with Gasteiger partial charge in [0.1, 0.15) is 6.10 Å². The monoisotopic (exact) mass is 288 g/mol. The molecule has 2 atom stereocenters. The van der Waals surface area contributed by atoms with Gasteiger partial charge in [-0.2, -0.15) is 16.8 Å². The second-order valence-electron chi connectivity index (χ2n) is 3.31. The summed E-state index contributed by atoms with van der Waals surface area (Å²) in [6.45, 7) is 5.25. The third-order valence-electron chi connectivity index (χ3n) is 1.70. The fourth-order valence-corrected chi connectivity index (χ4v) is 2.65. The molecule has 0 bridgehead atoms. The van der Waals surface area contributed by atoms with E-state index in [4.69, 9.17) is 9.11 Å². The highest BCUT2D eigenvalue weighted by atomic mass is 32.3. The zero-order chi connectivity index (χ0) is 14.0. The third kappa shape index (κ3) is 5.37. The van der Waals surface area contributed by atoms with Gasteiger partial charge in [0.2, 0.25) is 0 Å². The molecular formula is C7H12O8S2. The van der Waals surface area contributed by atoms with Crippen LogP contribution in [0.2, 0.25) is 0 Å². The van der Waals surface area contributed by atoms with E-state index < -0.39 is 37.7 Å². The van der Waals surface area contributed by atoms with E-state index in [-0.39, 0.29) is 5.57 Å². The Morgan fingerprint density at radius 2 is 1.65 bits per heavy atom. The lowest BCUT2D eigenvalue weighted by Crippen LogP contribution is -2.41. The van der Waals surface area contributed by atoms with Crippen molar-refractivity contribution in [2.75, 3.05) is 0 Å². The Morgan fingerprint density at radius 1 is 1.24 bits per heavy atom. The molecule has 17 heavy (non-hydrogen) atoms. The van der Waals surface area contributed by atoms with Crippen LogP contribution < -0.4 is 0 Å². The van der Waals surface area contributed by atoms with Gasteiger partial charge in [0.05, 0.1) is 0 Å². The Hall–Kier alpha value is -0.810. The highest BCUT2D eigenvalue weighted by Crippen LogP contribution is 2.15. The normalized spacial score (nSPS) is 16.2. The van der Waals surface area contributed by atoms with Gasteiger partial charge in [-0.05, 0) is 19.4 Å². The van der Waals surface area contributed by atoms with E-state index >= 15 is 0 Å². The Labute approximate surface area is 99.0 Å². The van der Waals surface area contributed by atoms with E-state index in [9.17, 15) is 21.6 Å². The Bertz CT molecular complexity index is 514. The maximum absolute atomic E-state index is 11.4. The van der Waals surface area contributed by atoms with E-state index in [2.05, 4.69) is 10.8 Å². The highest BCUT2D eigenvalue weighted by Gasteiger charge is 2.39. The molecule has 8 nitrogen and oxygen atoms in total. The molecule has 2 unspecified atom stereocenters. The van der Waals surface area contributed by atoms with Crippen molar-refractivity contribution in [2.24, 2.45) is 0 Å². The van der Waals surface area contributed by atoms with Crippen molar-refractivity contribution in [3.05, 3.63) is 12.2 Å². The molecule has 100 valence electrons. The van der Waals surface area contributed by atoms with Crippen LogP contribution in [-0.2, 0) is 29.5 Å². The summed E-state index contributed by atoms with van der Waals surface area (Å²) in [5.41, 5.74) is -0.210. The first-order chi connectivity index (χ1) is 7.36. The lowest BCUT2D eigenvalue weighted by molar-refractivity contribution is -0.116. The molecule has 0 fully saturated rings. The van der Waals surface area contributed by atoms with Gasteiger partial charge in [0.15, 0.2) is 11.0 Å². The van der Waals surface area contributed by atoms with E-state index in [0.29, 0.717) is 0 Å². The Balaban J connectivity index is 5.37. The minimum Gasteiger partial charge on any atom is -0.293 e. The minimum atomic E-state index is -4.95. The van der Waals surface area contributed by atoms with Gasteiger partial charge in [-0.15, -0.1) is 0 Å². The van der Waals surface area contributed by atoms with Gasteiger partial charge < -0.3 is 0 Å². The molecule has 0 aliphatic carbocycles. The lowest BCUT2D eigenvalue weighted by atomic mass is 10.1. The van der Waals surface area contributed by atoms with Crippen LogP contribution in [0.5, 0.6) is 0 Å². The van der Waals surface area contributed by atoms with Gasteiger partial charge in [-0.3, -0.25) is 13.9 Å². The maximum atomic E-state index is 11.4. The van der Waals surface area contributed by atoms with Crippen molar-refractivity contribution in [3.8, 4) is 0 Å². The molecule has 0 heterocycles. The Morgan fingerprint density at radius 3 is 1.88 bits per heavy atom. The summed E-state index contributed by atoms with van der Waals surface area (Å²) >= 11 is 0. The predicted molar refractivity (Wildman–Crippen MR) is 57.3 cm³/mol. The smallest absolute Gasteiger partial charge is 0.293 e. The first kappa shape index (κ1) is 16.2. The molecule has 0 rings (SSSR count). The first-order valence-corrected chi connectivity index (χ1v) is 7.05. The quantitative estimate of drug-likeness (QED) is 0.497. The maximum Gasteiger partial charge on any atom is 0.397 e. The number of ketones is 1. The van der Waals surface area contributed by atoms with Crippen LogP contribution in [0.3, 0.4) is 0 Å². The van der Waals surface area contributed by atoms with Gasteiger partial charge in [-0.1, -0.05) is 6.58 Å². The SMILES string of the molecule is C=C(C)C(=O)C(C(C)OS(=O)(=O)O)S(=O)(=O)O. The summed E-state index contributed by atoms with van der Waals surface area (Å²) < 4.78 is 63.8. The van der Waals surface area contributed by atoms with Crippen molar-refractivity contribution in [1.29, 1.82) is 0 Å². The molecule has 0 amide bonds. The average molecular weight is 288 g/mol. The van der Waals surface area contributed by atoms with E-state index in [1.807, 2.05) is 0 Å². The zero-order valence-electron chi connectivity index (χ0n) is 9.02. The number of allylic oxidation sites excluding steroid dienone is 1. The third-order valence-corrected chi connectivity index (χ3v) is 3.49. The molecule has 0 aromatic rings. The van der Waals surface area contributed by atoms with Crippen molar-refractivity contribution in [3.63, 3.8) is 0 Å². The summed E-state index contributed by atoms with van der Waals surface area (Å²) in [7, 11) is -9.84. The molecule has 0 aromatic carbocycles. The molecule has 10 heteroatoms. The lowest BCUT2D eigenvalue weighted by Gasteiger charge is -2.18. The number of carbonyl (C=O) groups excluding carboxylic acids is 1. The average Bonchev–Trinajstić information content (AvgIpc) is 1.96. The Kier molecular flexibility index (Phi) is 4.98. The second-order valence-corrected chi connectivity index (χ2v) is 5.89. The van der Waals surface area contributed by atoms with Crippen LogP contribution in [0.25, 0.3) is 0 Å². The molecular weight excluding hydrogens is 276 g/mol. The van der Waals surface area contributed by atoms with E-state index in [1.54, 1.807) is 0 Å². The molecule has 0 radical (unpaired) electrons. The van der Waals surface area contributed by atoms with Crippen molar-refractivity contribution in [1.82, 2.24) is 0 Å². The summed E-state index contributed by atoms with van der Waals surface area (Å²) in [6.07, 6.45) is -1.79. The van der Waals surface area contributed by atoms with E-state index in [1.165, 1.54) is 6.92 Å². The number of hydrogen-bond donors (Lipinski definition) is 2. The van der Waals surface area contributed by atoms with Gasteiger partial charge in [-0.25, -0.2) is 4.18 Å². The molecule has 0 spiro atoms. The topological polar surface area (TPSA) is 135 Å². The molecule has 0 saturated carbocycles. The molecule has 0 aliphatic heterocycles. The standard InChI is InChI=1S/C7H12O8S2/c1-4(2)6(8)7(16(9,10)11)5(3)15-17(12,13)14/h5,7H,1H2,2-3H3,(H,9,10,11)(H,12,13,14). The molecule has 0 aliphatic rings. The molecule has 0 saturated heterocycles. The van der Waals surface area contributed by atoms with Gasteiger partial charge in [0, 0.05) is 0 Å². The number of rotatable bonds is 6. The van der Waals surface area contributed by atoms with Crippen LogP contribution >= 0.6 is 0 Å². The number of hydrogen-bond acceptors (Lipinski definition) is 6. The van der Waals surface area contributed by atoms with Crippen LogP contribution in [-0.4, -0.2) is 43.1 Å². The molecule has 0 aromatic heterocycles. The van der Waals surface area contributed by atoms with Gasteiger partial charge in [0.25, 0.3) is 10.1 Å². The second kappa shape index (κ2) is 5.23. The van der Waals surface area contributed by atoms with Gasteiger partial charge >= 0.3 is 10.4 Å². The van der Waals surface area contributed by atoms with E-state index in [0.717, 1.165) is 6.92 Å². The fourth-order valence-electron chi connectivity index (χ4n) is 1.08. The van der Waals surface area contributed by atoms with Crippen LogP contribution in [0, 0.1) is 0 Å². The van der Waals surface area contributed by atoms with Crippen LogP contribution in [0.15, 0.2) is 12.2 Å². The summed E-state index contributed by atoms with van der Waals surface area (Å²) in [5, 5.41) is -2.16. The summed E-state index contributed by atoms with van der Waals surface area (Å²) in [5.74, 6) is -1.11. The fraction of sp³-hybridized carbons (Fsp3) is 0.571. The number of Topliss-reactive ketones (excluding diaryl/α,β-unsaturated/α-hetero) is 1. The number of carbonyl (C=O) groups is 1. The van der Waals surface area contributed by atoms with Crippen molar-refractivity contribution < 1.29 is 34.9 Å². The summed E-state index contributed by atoms with van der Waals surface area (Å²) in [4.78, 5) is 11.4. The van der Waals surface area contributed by atoms with Crippen LogP contribution in [0.1, 0.15) is 13.8 Å². The highest BCUT2D eigenvalue weighted by molar-refractivity contribution is 7.87. The van der Waals surface area contributed by atoms with Crippen LogP contribution in [0.4, 0.5) is 0 Å². The predicted octanol–water partition coefficient (Wildman–Crippen LogP) is -0.404. The molecule has 2 N–H and O–H groups in total.